The van der Waals surface area contributed by atoms with Gasteiger partial charge in [-0.3, -0.25) is 0 Å². The number of thiophene rings is 1. The molecule has 7 heteroatoms. The number of hydrogen-bond donors (Lipinski definition) is 1. The fraction of sp³-hybridized carbons (Fsp3) is 0.556. The molecule has 130 valence electrons. The minimum absolute atomic E-state index is 0.508. The molecule has 2 aliphatic rings. The largest absolute Gasteiger partial charge is 0.423 e. The number of anilines is 1. The first-order valence-corrected chi connectivity index (χ1v) is 10.0. The van der Waals surface area contributed by atoms with Crippen LogP contribution in [0.5, 0.6) is 0 Å². The van der Waals surface area contributed by atoms with Crippen LogP contribution in [0, 0.1) is 0 Å². The van der Waals surface area contributed by atoms with E-state index in [2.05, 4.69) is 15.5 Å². The van der Waals surface area contributed by atoms with Gasteiger partial charge in [0.2, 0.25) is 11.8 Å². The Labute approximate surface area is 150 Å². The summed E-state index contributed by atoms with van der Waals surface area (Å²) in [6, 6.07) is 0. The topological polar surface area (TPSA) is 76.7 Å². The maximum Gasteiger partial charge on any atom is 0.235 e. The molecule has 0 amide bonds. The van der Waals surface area contributed by atoms with Gasteiger partial charge < -0.3 is 9.73 Å². The van der Waals surface area contributed by atoms with E-state index in [1.807, 2.05) is 18.3 Å². The molecule has 0 atom stereocenters. The van der Waals surface area contributed by atoms with Crippen LogP contribution in [-0.4, -0.2) is 20.2 Å². The quantitative estimate of drug-likeness (QED) is 0.745. The van der Waals surface area contributed by atoms with Crippen molar-refractivity contribution < 1.29 is 4.42 Å². The van der Waals surface area contributed by atoms with Crippen LogP contribution in [0.15, 0.2) is 4.42 Å². The number of aromatic nitrogens is 4. The molecule has 3 aromatic rings. The average molecular weight is 355 g/mol. The van der Waals surface area contributed by atoms with Crippen LogP contribution in [0.2, 0.25) is 0 Å². The number of nitrogens with zero attached hydrogens (tertiary/aromatic N) is 4. The summed E-state index contributed by atoms with van der Waals surface area (Å²) in [5.41, 5.74) is 1.45. The highest BCUT2D eigenvalue weighted by molar-refractivity contribution is 7.19. The lowest BCUT2D eigenvalue weighted by Gasteiger charge is -2.12. The van der Waals surface area contributed by atoms with Crippen LogP contribution in [0.4, 0.5) is 5.82 Å². The second kappa shape index (κ2) is 6.05. The number of aryl methyl sites for hydroxylation is 3. The molecule has 0 saturated heterocycles. The summed E-state index contributed by atoms with van der Waals surface area (Å²) in [7, 11) is 0. The van der Waals surface area contributed by atoms with E-state index in [1.165, 1.54) is 47.9 Å². The van der Waals surface area contributed by atoms with Crippen molar-refractivity contribution in [1.29, 1.82) is 0 Å². The summed E-state index contributed by atoms with van der Waals surface area (Å²) >= 11 is 1.86. The highest BCUT2D eigenvalue weighted by atomic mass is 32.1. The Hall–Kier alpha value is -2.02. The van der Waals surface area contributed by atoms with Gasteiger partial charge in [0.25, 0.3) is 0 Å². The Kier molecular flexibility index (Phi) is 3.69. The van der Waals surface area contributed by atoms with Crippen LogP contribution in [0.1, 0.15) is 66.6 Å². The molecule has 0 radical (unpaired) electrons. The Balaban J connectivity index is 1.53. The molecule has 0 bridgehead atoms. The average Bonchev–Trinajstić information content (AvgIpc) is 3.27. The SMILES string of the molecule is CCc1nnc(CNc2nc(C3CC3)nc3sc4c(c23)CCCC4)o1. The van der Waals surface area contributed by atoms with E-state index < -0.39 is 0 Å². The standard InChI is InChI=1S/C18H21N5OS/c1-2-13-22-23-14(24-13)9-19-17-15-11-5-3-4-6-12(11)25-18(15)21-16(20-17)10-7-8-10/h10H,2-9H2,1H3,(H,19,20,21). The second-order valence-corrected chi connectivity index (χ2v) is 7.98. The van der Waals surface area contributed by atoms with Crippen molar-refractivity contribution >= 4 is 27.4 Å². The minimum Gasteiger partial charge on any atom is -0.423 e. The summed E-state index contributed by atoms with van der Waals surface area (Å²) in [4.78, 5) is 12.4. The molecule has 2 aliphatic carbocycles. The predicted molar refractivity (Wildman–Crippen MR) is 97.0 cm³/mol. The molecule has 0 spiro atoms. The van der Waals surface area contributed by atoms with Gasteiger partial charge >= 0.3 is 0 Å². The minimum atomic E-state index is 0.508. The molecular formula is C18H21N5OS. The molecule has 3 heterocycles. The molecule has 6 nitrogen and oxygen atoms in total. The van der Waals surface area contributed by atoms with Crippen molar-refractivity contribution in [2.45, 2.75) is 64.3 Å². The zero-order valence-corrected chi connectivity index (χ0v) is 15.2. The second-order valence-electron chi connectivity index (χ2n) is 6.89. The summed E-state index contributed by atoms with van der Waals surface area (Å²) in [6.45, 7) is 2.52. The zero-order valence-electron chi connectivity index (χ0n) is 14.3. The van der Waals surface area contributed by atoms with Crippen LogP contribution >= 0.6 is 11.3 Å². The van der Waals surface area contributed by atoms with Gasteiger partial charge in [-0.1, -0.05) is 6.92 Å². The highest BCUT2D eigenvalue weighted by Crippen LogP contribution is 2.43. The van der Waals surface area contributed by atoms with Gasteiger partial charge in [0.05, 0.1) is 11.9 Å². The lowest BCUT2D eigenvalue weighted by atomic mass is 9.97. The van der Waals surface area contributed by atoms with Crippen molar-refractivity contribution in [2.24, 2.45) is 0 Å². The Bertz CT molecular complexity index is 927. The molecule has 25 heavy (non-hydrogen) atoms. The summed E-state index contributed by atoms with van der Waals surface area (Å²) in [5, 5.41) is 12.8. The molecular weight excluding hydrogens is 334 g/mol. The van der Waals surface area contributed by atoms with Crippen molar-refractivity contribution in [3.05, 3.63) is 28.0 Å². The van der Waals surface area contributed by atoms with Gasteiger partial charge in [0.15, 0.2) is 0 Å². The van der Waals surface area contributed by atoms with E-state index in [1.54, 1.807) is 0 Å². The van der Waals surface area contributed by atoms with Gasteiger partial charge in [0.1, 0.15) is 16.5 Å². The summed E-state index contributed by atoms with van der Waals surface area (Å²) in [5.74, 6) is 3.77. The highest BCUT2D eigenvalue weighted by Gasteiger charge is 2.29. The molecule has 0 unspecified atom stereocenters. The first-order valence-electron chi connectivity index (χ1n) is 9.19. The predicted octanol–water partition coefficient (Wildman–Crippen LogP) is 4.01. The maximum absolute atomic E-state index is 5.63. The van der Waals surface area contributed by atoms with Crippen molar-refractivity contribution in [2.75, 3.05) is 5.32 Å². The lowest BCUT2D eigenvalue weighted by molar-refractivity contribution is 0.460. The van der Waals surface area contributed by atoms with E-state index in [0.29, 0.717) is 24.2 Å². The Morgan fingerprint density at radius 1 is 1.12 bits per heavy atom. The zero-order chi connectivity index (χ0) is 16.8. The van der Waals surface area contributed by atoms with Crippen LogP contribution < -0.4 is 5.32 Å². The van der Waals surface area contributed by atoms with Gasteiger partial charge in [-0.05, 0) is 44.1 Å². The molecule has 0 aliphatic heterocycles. The smallest absolute Gasteiger partial charge is 0.235 e. The molecule has 1 saturated carbocycles. The monoisotopic (exact) mass is 355 g/mol. The van der Waals surface area contributed by atoms with Gasteiger partial charge in [-0.15, -0.1) is 21.5 Å². The van der Waals surface area contributed by atoms with E-state index in [9.17, 15) is 0 Å². The van der Waals surface area contributed by atoms with Crippen molar-refractivity contribution in [3.8, 4) is 0 Å². The van der Waals surface area contributed by atoms with E-state index in [0.717, 1.165) is 29.3 Å². The molecule has 1 N–H and O–H groups in total. The van der Waals surface area contributed by atoms with Crippen molar-refractivity contribution in [3.63, 3.8) is 0 Å². The Morgan fingerprint density at radius 3 is 2.76 bits per heavy atom. The first kappa shape index (κ1) is 15.3. The normalized spacial score (nSPS) is 17.0. The molecule has 0 aromatic carbocycles. The number of fused-ring (bicyclic) bond motifs is 3. The van der Waals surface area contributed by atoms with Crippen molar-refractivity contribution in [1.82, 2.24) is 20.2 Å². The maximum atomic E-state index is 5.63. The molecule has 1 fully saturated rings. The van der Waals surface area contributed by atoms with Crippen LogP contribution in [0.3, 0.4) is 0 Å². The number of rotatable bonds is 5. The molecule has 3 aromatic heterocycles. The fourth-order valence-electron chi connectivity index (χ4n) is 3.49. The fourth-order valence-corrected chi connectivity index (χ4v) is 4.76. The van der Waals surface area contributed by atoms with E-state index in [-0.39, 0.29) is 0 Å². The van der Waals surface area contributed by atoms with Gasteiger partial charge in [0, 0.05) is 17.2 Å². The van der Waals surface area contributed by atoms with E-state index in [4.69, 9.17) is 14.4 Å². The lowest BCUT2D eigenvalue weighted by Crippen LogP contribution is -2.06. The molecule has 5 rings (SSSR count). The number of nitrogens with one attached hydrogen (secondary N) is 1. The van der Waals surface area contributed by atoms with Crippen LogP contribution in [0.25, 0.3) is 10.2 Å². The third-order valence-electron chi connectivity index (χ3n) is 4.99. The number of hydrogen-bond acceptors (Lipinski definition) is 7. The van der Waals surface area contributed by atoms with Crippen LogP contribution in [-0.2, 0) is 25.8 Å². The summed E-state index contributed by atoms with van der Waals surface area (Å²) < 4.78 is 5.63. The van der Waals surface area contributed by atoms with Gasteiger partial charge in [-0.25, -0.2) is 9.97 Å². The third-order valence-corrected chi connectivity index (χ3v) is 6.18. The Morgan fingerprint density at radius 2 is 1.96 bits per heavy atom. The van der Waals surface area contributed by atoms with E-state index >= 15 is 0 Å². The first-order chi connectivity index (χ1) is 12.3. The van der Waals surface area contributed by atoms with Gasteiger partial charge in [-0.2, -0.15) is 0 Å². The third kappa shape index (κ3) is 2.80. The summed E-state index contributed by atoms with van der Waals surface area (Å²) in [6.07, 6.45) is 8.03.